The molecule has 11 heteroatoms. The molecule has 3 rings (SSSR count). The number of carbonyl (C=O) groups excluding carboxylic acids is 1. The molecule has 0 atom stereocenters. The summed E-state index contributed by atoms with van der Waals surface area (Å²) in [5.41, 5.74) is 3.66. The van der Waals surface area contributed by atoms with Crippen molar-refractivity contribution in [2.24, 2.45) is 5.10 Å². The van der Waals surface area contributed by atoms with Crippen LogP contribution in [0.5, 0.6) is 11.5 Å². The molecule has 0 bridgehead atoms. The molecule has 0 radical (unpaired) electrons. The summed E-state index contributed by atoms with van der Waals surface area (Å²) in [4.78, 5) is 23.8. The van der Waals surface area contributed by atoms with Gasteiger partial charge in [-0.3, -0.25) is 14.3 Å². The number of carbonyl (C=O) groups is 2. The van der Waals surface area contributed by atoms with E-state index < -0.39 is 21.9 Å². The van der Waals surface area contributed by atoms with Crippen molar-refractivity contribution in [3.63, 3.8) is 0 Å². The molecule has 0 fully saturated rings. The van der Waals surface area contributed by atoms with Crippen LogP contribution in [-0.4, -0.2) is 44.8 Å². The number of hydrazone groups is 1. The zero-order valence-corrected chi connectivity index (χ0v) is 21.1. The summed E-state index contributed by atoms with van der Waals surface area (Å²) < 4.78 is 38.9. The lowest BCUT2D eigenvalue weighted by atomic mass is 10.1. The van der Waals surface area contributed by atoms with Crippen molar-refractivity contribution >= 4 is 33.3 Å². The first-order chi connectivity index (χ1) is 17.7. The average Bonchev–Trinajstić information content (AvgIpc) is 2.89. The molecule has 0 aliphatic rings. The van der Waals surface area contributed by atoms with Crippen molar-refractivity contribution in [3.8, 4) is 11.5 Å². The lowest BCUT2D eigenvalue weighted by molar-refractivity contribution is -0.136. The highest BCUT2D eigenvalue weighted by atomic mass is 32.2. The van der Waals surface area contributed by atoms with Gasteiger partial charge in [-0.1, -0.05) is 18.2 Å². The summed E-state index contributed by atoms with van der Waals surface area (Å²) >= 11 is 0. The lowest BCUT2D eigenvalue weighted by Crippen LogP contribution is -2.21. The van der Waals surface area contributed by atoms with Gasteiger partial charge in [-0.15, -0.1) is 0 Å². The van der Waals surface area contributed by atoms with Crippen LogP contribution in [0.25, 0.3) is 0 Å². The van der Waals surface area contributed by atoms with E-state index >= 15 is 0 Å². The molecule has 3 aromatic carbocycles. The number of anilines is 1. The summed E-state index contributed by atoms with van der Waals surface area (Å²) in [6.45, 7) is 2.36. The number of aliphatic carboxylic acids is 1. The van der Waals surface area contributed by atoms with E-state index in [2.05, 4.69) is 15.2 Å². The monoisotopic (exact) mass is 525 g/mol. The molecule has 0 spiro atoms. The number of sulfonamides is 1. The van der Waals surface area contributed by atoms with Crippen LogP contribution < -0.4 is 19.6 Å². The minimum atomic E-state index is -4.03. The summed E-state index contributed by atoms with van der Waals surface area (Å²) in [5.74, 6) is -0.677. The first kappa shape index (κ1) is 27.2. The van der Waals surface area contributed by atoms with Crippen molar-refractivity contribution in [2.45, 2.75) is 24.7 Å². The lowest BCUT2D eigenvalue weighted by Gasteiger charge is -2.12. The van der Waals surface area contributed by atoms with Crippen molar-refractivity contribution in [1.29, 1.82) is 0 Å². The summed E-state index contributed by atoms with van der Waals surface area (Å²) in [6.07, 6.45) is -0.120. The zero-order valence-electron chi connectivity index (χ0n) is 20.3. The van der Waals surface area contributed by atoms with Crippen molar-refractivity contribution in [3.05, 3.63) is 83.9 Å². The van der Waals surface area contributed by atoms with Gasteiger partial charge in [-0.25, -0.2) is 13.8 Å². The Morgan fingerprint density at radius 3 is 2.35 bits per heavy atom. The Morgan fingerprint density at radius 1 is 0.946 bits per heavy atom. The molecule has 3 aromatic rings. The van der Waals surface area contributed by atoms with Gasteiger partial charge in [-0.05, 0) is 67.1 Å². The number of methoxy groups -OCH3 is 1. The predicted octanol–water partition coefficient (Wildman–Crippen LogP) is 3.89. The SMILES string of the molecule is CCOc1ccc(C(CCC(=O)O)=NNC(=O)c2cccc(S(=O)(=O)Nc3ccccc3OC)c2)cc1. The van der Waals surface area contributed by atoms with Crippen LogP contribution in [0.4, 0.5) is 5.69 Å². The van der Waals surface area contributed by atoms with E-state index in [0.29, 0.717) is 29.4 Å². The molecule has 0 aromatic heterocycles. The number of para-hydroxylation sites is 2. The van der Waals surface area contributed by atoms with E-state index in [1.54, 1.807) is 48.5 Å². The third kappa shape index (κ3) is 7.55. The Labute approximate surface area is 215 Å². The number of nitrogens with zero attached hydrogens (tertiary/aromatic N) is 1. The van der Waals surface area contributed by atoms with Crippen LogP contribution in [-0.2, 0) is 14.8 Å². The van der Waals surface area contributed by atoms with E-state index in [0.717, 1.165) is 0 Å². The molecule has 3 N–H and O–H groups in total. The first-order valence-electron chi connectivity index (χ1n) is 11.3. The smallest absolute Gasteiger partial charge is 0.303 e. The number of nitrogens with one attached hydrogen (secondary N) is 2. The number of amides is 1. The third-order valence-corrected chi connectivity index (χ3v) is 6.49. The van der Waals surface area contributed by atoms with Gasteiger partial charge in [-0.2, -0.15) is 5.10 Å². The number of hydrogen-bond acceptors (Lipinski definition) is 7. The Hall–Kier alpha value is -4.38. The van der Waals surface area contributed by atoms with Crippen LogP contribution >= 0.6 is 0 Å². The summed E-state index contributed by atoms with van der Waals surface area (Å²) in [6, 6.07) is 18.9. The van der Waals surface area contributed by atoms with Crippen LogP contribution in [0, 0.1) is 0 Å². The molecular weight excluding hydrogens is 498 g/mol. The Bertz CT molecular complexity index is 1390. The number of carboxylic acid groups (broad SMARTS) is 1. The van der Waals surface area contributed by atoms with Crippen LogP contribution in [0.2, 0.25) is 0 Å². The van der Waals surface area contributed by atoms with Gasteiger partial charge in [0.15, 0.2) is 0 Å². The topological polar surface area (TPSA) is 143 Å². The molecule has 194 valence electrons. The highest BCUT2D eigenvalue weighted by Crippen LogP contribution is 2.26. The summed E-state index contributed by atoms with van der Waals surface area (Å²) in [7, 11) is -2.60. The standard InChI is InChI=1S/C26H27N3O7S/c1-3-36-20-13-11-18(12-14-20)22(15-16-25(30)31)27-28-26(32)19-7-6-8-21(17-19)37(33,34)29-23-9-4-5-10-24(23)35-2/h4-14,17,29H,3,15-16H2,1-2H3,(H,28,32)(H,30,31). The number of rotatable bonds is 12. The van der Waals surface area contributed by atoms with Gasteiger partial charge < -0.3 is 14.6 Å². The number of hydrogen-bond donors (Lipinski definition) is 3. The predicted molar refractivity (Wildman–Crippen MR) is 139 cm³/mol. The molecule has 37 heavy (non-hydrogen) atoms. The third-order valence-electron chi connectivity index (χ3n) is 5.12. The van der Waals surface area contributed by atoms with Crippen LogP contribution in [0.1, 0.15) is 35.7 Å². The van der Waals surface area contributed by atoms with Crippen molar-refractivity contribution in [1.82, 2.24) is 5.43 Å². The van der Waals surface area contributed by atoms with E-state index in [1.165, 1.54) is 31.4 Å². The Morgan fingerprint density at radius 2 is 1.68 bits per heavy atom. The second-order valence-corrected chi connectivity index (χ2v) is 9.37. The van der Waals surface area contributed by atoms with Crippen molar-refractivity contribution in [2.75, 3.05) is 18.4 Å². The molecule has 0 saturated heterocycles. The minimum Gasteiger partial charge on any atom is -0.495 e. The molecule has 1 amide bonds. The van der Waals surface area contributed by atoms with Crippen LogP contribution in [0.15, 0.2) is 82.8 Å². The van der Waals surface area contributed by atoms with Gasteiger partial charge in [0.1, 0.15) is 11.5 Å². The Balaban J connectivity index is 1.81. The van der Waals surface area contributed by atoms with Gasteiger partial charge >= 0.3 is 5.97 Å². The molecule has 10 nitrogen and oxygen atoms in total. The fraction of sp³-hybridized carbons (Fsp3) is 0.192. The van der Waals surface area contributed by atoms with Crippen LogP contribution in [0.3, 0.4) is 0 Å². The maximum absolute atomic E-state index is 12.9. The normalized spacial score (nSPS) is 11.5. The highest BCUT2D eigenvalue weighted by molar-refractivity contribution is 7.92. The molecular formula is C26H27N3O7S. The van der Waals surface area contributed by atoms with Gasteiger partial charge in [0.2, 0.25) is 0 Å². The summed E-state index contributed by atoms with van der Waals surface area (Å²) in [5, 5.41) is 13.2. The zero-order chi connectivity index (χ0) is 26.8. The number of benzene rings is 3. The van der Waals surface area contributed by atoms with Gasteiger partial charge in [0, 0.05) is 12.0 Å². The molecule has 0 saturated carbocycles. The highest BCUT2D eigenvalue weighted by Gasteiger charge is 2.18. The first-order valence-corrected chi connectivity index (χ1v) is 12.8. The van der Waals surface area contributed by atoms with Gasteiger partial charge in [0.05, 0.1) is 36.4 Å². The average molecular weight is 526 g/mol. The molecule has 0 heterocycles. The molecule has 0 unspecified atom stereocenters. The van der Waals surface area contributed by atoms with E-state index in [1.807, 2.05) is 6.92 Å². The quantitative estimate of drug-likeness (QED) is 0.240. The van der Waals surface area contributed by atoms with Crippen molar-refractivity contribution < 1.29 is 32.6 Å². The second kappa shape index (κ2) is 12.5. The fourth-order valence-electron chi connectivity index (χ4n) is 3.32. The second-order valence-electron chi connectivity index (χ2n) is 7.68. The largest absolute Gasteiger partial charge is 0.495 e. The maximum Gasteiger partial charge on any atom is 0.303 e. The maximum atomic E-state index is 12.9. The van der Waals surface area contributed by atoms with E-state index in [4.69, 9.17) is 14.6 Å². The fourth-order valence-corrected chi connectivity index (χ4v) is 4.44. The molecule has 0 aliphatic carbocycles. The number of carboxylic acids is 1. The van der Waals surface area contributed by atoms with Gasteiger partial charge in [0.25, 0.3) is 15.9 Å². The molecule has 0 aliphatic heterocycles. The number of ether oxygens (including phenoxy) is 2. The van der Waals surface area contributed by atoms with E-state index in [9.17, 15) is 18.0 Å². The van der Waals surface area contributed by atoms with E-state index in [-0.39, 0.29) is 29.0 Å². The Kier molecular flexibility index (Phi) is 9.22. The minimum absolute atomic E-state index is 0.0518.